The molecule has 0 spiro atoms. The van der Waals surface area contributed by atoms with E-state index in [-0.39, 0.29) is 23.8 Å². The van der Waals surface area contributed by atoms with E-state index in [2.05, 4.69) is 17.2 Å². The second-order valence-electron chi connectivity index (χ2n) is 7.18. The van der Waals surface area contributed by atoms with Crippen molar-refractivity contribution >= 4 is 11.8 Å². The number of nitrogens with zero attached hydrogens (tertiary/aromatic N) is 2. The molecule has 1 saturated heterocycles. The molecule has 1 aromatic heterocycles. The van der Waals surface area contributed by atoms with Gasteiger partial charge in [-0.15, -0.1) is 0 Å². The molecular formula is C22H27N3O2. The van der Waals surface area contributed by atoms with Gasteiger partial charge in [0.05, 0.1) is 5.69 Å². The van der Waals surface area contributed by atoms with Crippen LogP contribution in [-0.4, -0.2) is 40.8 Å². The second-order valence-corrected chi connectivity index (χ2v) is 7.18. The highest BCUT2D eigenvalue weighted by atomic mass is 16.2. The van der Waals surface area contributed by atoms with Crippen LogP contribution in [0.4, 0.5) is 0 Å². The van der Waals surface area contributed by atoms with E-state index in [4.69, 9.17) is 0 Å². The van der Waals surface area contributed by atoms with Gasteiger partial charge in [-0.3, -0.25) is 14.6 Å². The minimum Gasteiger partial charge on any atom is -0.353 e. The lowest BCUT2D eigenvalue weighted by Gasteiger charge is -2.32. The van der Waals surface area contributed by atoms with Crippen LogP contribution in [0.1, 0.15) is 43.5 Å². The lowest BCUT2D eigenvalue weighted by molar-refractivity contribution is -0.126. The van der Waals surface area contributed by atoms with Gasteiger partial charge in [0.15, 0.2) is 0 Å². The number of aromatic nitrogens is 1. The van der Waals surface area contributed by atoms with Crippen LogP contribution in [0.3, 0.4) is 0 Å². The number of likely N-dealkylation sites (tertiary alicyclic amines) is 1. The standard InChI is InChI=1S/C22H27N3O2/c1-3-16(2)24-21(26)18-10-13-25(14-11-18)22(27)19-9-12-23-20(15-19)17-7-5-4-6-8-17/h4-9,12,15-16,18H,3,10-11,13-14H2,1-2H3,(H,24,26)/t16-/m1/s1. The number of pyridine rings is 1. The number of nitrogens with one attached hydrogen (secondary N) is 1. The summed E-state index contributed by atoms with van der Waals surface area (Å²) in [4.78, 5) is 31.4. The van der Waals surface area contributed by atoms with Crippen molar-refractivity contribution in [3.63, 3.8) is 0 Å². The van der Waals surface area contributed by atoms with Crippen LogP contribution in [-0.2, 0) is 4.79 Å². The molecule has 0 aliphatic carbocycles. The maximum atomic E-state index is 12.9. The lowest BCUT2D eigenvalue weighted by Crippen LogP contribution is -2.44. The molecule has 142 valence electrons. The van der Waals surface area contributed by atoms with Gasteiger partial charge < -0.3 is 10.2 Å². The zero-order chi connectivity index (χ0) is 19.2. The third-order valence-corrected chi connectivity index (χ3v) is 5.23. The zero-order valence-electron chi connectivity index (χ0n) is 16.0. The fraction of sp³-hybridized carbons (Fsp3) is 0.409. The van der Waals surface area contributed by atoms with Crippen molar-refractivity contribution in [3.05, 3.63) is 54.2 Å². The summed E-state index contributed by atoms with van der Waals surface area (Å²) in [6, 6.07) is 13.7. The summed E-state index contributed by atoms with van der Waals surface area (Å²) in [5.74, 6) is 0.127. The molecule has 2 aromatic rings. The number of rotatable bonds is 5. The van der Waals surface area contributed by atoms with E-state index in [0.29, 0.717) is 31.5 Å². The maximum Gasteiger partial charge on any atom is 0.253 e. The quantitative estimate of drug-likeness (QED) is 0.882. The number of amides is 2. The van der Waals surface area contributed by atoms with Gasteiger partial charge in [0.1, 0.15) is 0 Å². The number of piperidine rings is 1. The average Bonchev–Trinajstić information content (AvgIpc) is 2.74. The molecule has 1 aliphatic heterocycles. The van der Waals surface area contributed by atoms with Gasteiger partial charge in [0.25, 0.3) is 5.91 Å². The van der Waals surface area contributed by atoms with Gasteiger partial charge in [-0.2, -0.15) is 0 Å². The minimum absolute atomic E-state index is 0.000342. The fourth-order valence-electron chi connectivity index (χ4n) is 3.32. The van der Waals surface area contributed by atoms with Crippen LogP contribution in [0.2, 0.25) is 0 Å². The van der Waals surface area contributed by atoms with Crippen molar-refractivity contribution in [2.75, 3.05) is 13.1 Å². The normalized spacial score (nSPS) is 16.0. The zero-order valence-corrected chi connectivity index (χ0v) is 16.0. The third kappa shape index (κ3) is 4.73. The van der Waals surface area contributed by atoms with Crippen LogP contribution < -0.4 is 5.32 Å². The van der Waals surface area contributed by atoms with E-state index in [1.165, 1.54) is 0 Å². The molecule has 2 heterocycles. The monoisotopic (exact) mass is 365 g/mol. The Hall–Kier alpha value is -2.69. The van der Waals surface area contributed by atoms with Crippen molar-refractivity contribution in [3.8, 4) is 11.3 Å². The van der Waals surface area contributed by atoms with Crippen molar-refractivity contribution in [1.29, 1.82) is 0 Å². The SMILES string of the molecule is CC[C@@H](C)NC(=O)C1CCN(C(=O)c2ccnc(-c3ccccc3)c2)CC1. The number of carbonyl (C=O) groups is 2. The summed E-state index contributed by atoms with van der Waals surface area (Å²) >= 11 is 0. The van der Waals surface area contributed by atoms with E-state index in [9.17, 15) is 9.59 Å². The van der Waals surface area contributed by atoms with E-state index < -0.39 is 0 Å². The molecule has 5 nitrogen and oxygen atoms in total. The molecule has 0 radical (unpaired) electrons. The fourth-order valence-corrected chi connectivity index (χ4v) is 3.32. The predicted octanol–water partition coefficient (Wildman–Crippen LogP) is 3.52. The van der Waals surface area contributed by atoms with Gasteiger partial charge in [-0.1, -0.05) is 37.3 Å². The third-order valence-electron chi connectivity index (χ3n) is 5.23. The van der Waals surface area contributed by atoms with Crippen LogP contribution >= 0.6 is 0 Å². The lowest BCUT2D eigenvalue weighted by atomic mass is 9.95. The van der Waals surface area contributed by atoms with Crippen molar-refractivity contribution < 1.29 is 9.59 Å². The van der Waals surface area contributed by atoms with Crippen LogP contribution in [0.25, 0.3) is 11.3 Å². The van der Waals surface area contributed by atoms with E-state index >= 15 is 0 Å². The largest absolute Gasteiger partial charge is 0.353 e. The summed E-state index contributed by atoms with van der Waals surface area (Å²) in [6.07, 6.45) is 4.03. The summed E-state index contributed by atoms with van der Waals surface area (Å²) in [5.41, 5.74) is 2.43. The first-order valence-electron chi connectivity index (χ1n) is 9.69. The summed E-state index contributed by atoms with van der Waals surface area (Å²) in [6.45, 7) is 5.30. The van der Waals surface area contributed by atoms with Crippen molar-refractivity contribution in [1.82, 2.24) is 15.2 Å². The maximum absolute atomic E-state index is 12.9. The molecule has 27 heavy (non-hydrogen) atoms. The Morgan fingerprint density at radius 2 is 1.89 bits per heavy atom. The Labute approximate surface area is 160 Å². The van der Waals surface area contributed by atoms with Gasteiger partial charge in [-0.05, 0) is 38.3 Å². The molecule has 1 atom stereocenters. The molecule has 1 aromatic carbocycles. The highest BCUT2D eigenvalue weighted by Crippen LogP contribution is 2.22. The van der Waals surface area contributed by atoms with Crippen LogP contribution in [0.5, 0.6) is 0 Å². The molecule has 0 saturated carbocycles. The first kappa shape index (κ1) is 19.1. The topological polar surface area (TPSA) is 62.3 Å². The molecular weight excluding hydrogens is 338 g/mol. The number of hydrogen-bond acceptors (Lipinski definition) is 3. The molecule has 2 amide bonds. The van der Waals surface area contributed by atoms with Gasteiger partial charge in [-0.25, -0.2) is 0 Å². The summed E-state index contributed by atoms with van der Waals surface area (Å²) in [7, 11) is 0. The second kappa shape index (κ2) is 8.80. The van der Waals surface area contributed by atoms with Gasteiger partial charge in [0.2, 0.25) is 5.91 Å². The molecule has 1 fully saturated rings. The Morgan fingerprint density at radius 1 is 1.19 bits per heavy atom. The smallest absolute Gasteiger partial charge is 0.253 e. The summed E-state index contributed by atoms with van der Waals surface area (Å²) in [5, 5.41) is 3.05. The van der Waals surface area contributed by atoms with Gasteiger partial charge >= 0.3 is 0 Å². The minimum atomic E-state index is 0.000342. The predicted molar refractivity (Wildman–Crippen MR) is 106 cm³/mol. The number of hydrogen-bond donors (Lipinski definition) is 1. The molecule has 0 bridgehead atoms. The average molecular weight is 365 g/mol. The van der Waals surface area contributed by atoms with E-state index in [1.54, 1.807) is 12.3 Å². The molecule has 1 aliphatic rings. The first-order chi connectivity index (χ1) is 13.1. The first-order valence-corrected chi connectivity index (χ1v) is 9.69. The number of benzene rings is 1. The Bertz CT molecular complexity index is 783. The molecule has 5 heteroatoms. The Morgan fingerprint density at radius 3 is 2.56 bits per heavy atom. The van der Waals surface area contributed by atoms with Crippen molar-refractivity contribution in [2.24, 2.45) is 5.92 Å². The van der Waals surface area contributed by atoms with E-state index in [0.717, 1.165) is 17.7 Å². The molecule has 1 N–H and O–H groups in total. The van der Waals surface area contributed by atoms with Crippen molar-refractivity contribution in [2.45, 2.75) is 39.2 Å². The highest BCUT2D eigenvalue weighted by Gasteiger charge is 2.28. The molecule has 3 rings (SSSR count). The number of carbonyl (C=O) groups excluding carboxylic acids is 2. The Balaban J connectivity index is 1.62. The van der Waals surface area contributed by atoms with E-state index in [1.807, 2.05) is 48.2 Å². The Kier molecular flexibility index (Phi) is 6.22. The molecule has 0 unspecified atom stereocenters. The van der Waals surface area contributed by atoms with Gasteiger partial charge in [0, 0.05) is 42.4 Å². The van der Waals surface area contributed by atoms with Crippen LogP contribution in [0, 0.1) is 5.92 Å². The summed E-state index contributed by atoms with van der Waals surface area (Å²) < 4.78 is 0. The highest BCUT2D eigenvalue weighted by molar-refractivity contribution is 5.95. The van der Waals surface area contributed by atoms with Crippen LogP contribution in [0.15, 0.2) is 48.7 Å².